The number of hydrogen-bond acceptors (Lipinski definition) is 5. The predicted molar refractivity (Wildman–Crippen MR) is 138 cm³/mol. The molecule has 2 N–H and O–H groups in total. The molecule has 0 aromatic heterocycles. The molecule has 8 nitrogen and oxygen atoms in total. The number of carboxylic acids is 2. The van der Waals surface area contributed by atoms with E-state index in [9.17, 15) is 4.79 Å². The Balaban J connectivity index is 0.000000538. The molecule has 192 valence electrons. The lowest BCUT2D eigenvalue weighted by Gasteiger charge is -2.38. The molecule has 2 aliphatic heterocycles. The molecule has 2 aliphatic rings. The number of carboxylic acid groups (broad SMARTS) is 2. The third-order valence-corrected chi connectivity index (χ3v) is 6.53. The quantitative estimate of drug-likeness (QED) is 0.597. The Morgan fingerprint density at radius 1 is 0.750 bits per heavy atom. The summed E-state index contributed by atoms with van der Waals surface area (Å²) < 4.78 is 0. The van der Waals surface area contributed by atoms with Crippen LogP contribution >= 0.6 is 0 Å². The Bertz CT molecular complexity index is 984. The Morgan fingerprint density at radius 3 is 1.86 bits per heavy atom. The number of rotatable bonds is 6. The number of carbonyl (C=O) groups excluding carboxylic acids is 1. The number of carbonyl (C=O) groups is 3. The van der Waals surface area contributed by atoms with Crippen LogP contribution in [0.15, 0.2) is 66.7 Å². The standard InChI is InChI=1S/C26H33N3O.C2H2O4/c30-26(25-13-16-28(17-14-25)22-24-10-5-2-6-11-24)29-20-18-27(19-21-29)15-7-12-23-8-3-1-4-9-23;3-1(4)2(5)6/h1-12,25H,13-22H2;(H,3,4)(H,5,6). The van der Waals surface area contributed by atoms with Crippen molar-refractivity contribution in [2.45, 2.75) is 19.4 Å². The van der Waals surface area contributed by atoms with E-state index in [2.05, 4.69) is 81.4 Å². The average molecular weight is 494 g/mol. The number of benzene rings is 2. The van der Waals surface area contributed by atoms with Gasteiger partial charge in [0.15, 0.2) is 0 Å². The highest BCUT2D eigenvalue weighted by atomic mass is 16.4. The fraction of sp³-hybridized carbons (Fsp3) is 0.393. The summed E-state index contributed by atoms with van der Waals surface area (Å²) in [6.07, 6.45) is 6.40. The van der Waals surface area contributed by atoms with Gasteiger partial charge in [0.1, 0.15) is 0 Å². The summed E-state index contributed by atoms with van der Waals surface area (Å²) in [5.74, 6) is -3.06. The molecule has 2 heterocycles. The lowest BCUT2D eigenvalue weighted by atomic mass is 9.94. The topological polar surface area (TPSA) is 101 Å². The molecule has 2 aromatic carbocycles. The van der Waals surface area contributed by atoms with Crippen LogP contribution in [-0.4, -0.2) is 88.6 Å². The predicted octanol–water partition coefficient (Wildman–Crippen LogP) is 2.91. The highest BCUT2D eigenvalue weighted by Gasteiger charge is 2.30. The summed E-state index contributed by atoms with van der Waals surface area (Å²) in [5, 5.41) is 14.8. The van der Waals surface area contributed by atoms with Crippen molar-refractivity contribution < 1.29 is 24.6 Å². The minimum absolute atomic E-state index is 0.210. The van der Waals surface area contributed by atoms with Crippen LogP contribution in [0.4, 0.5) is 0 Å². The average Bonchev–Trinajstić information content (AvgIpc) is 2.91. The molecule has 0 spiro atoms. The van der Waals surface area contributed by atoms with Crippen molar-refractivity contribution in [1.29, 1.82) is 0 Å². The van der Waals surface area contributed by atoms with E-state index in [1.807, 2.05) is 6.07 Å². The first kappa shape index (κ1) is 27.1. The normalized spacial score (nSPS) is 17.4. The molecular formula is C28H35N3O5. The Labute approximate surface area is 212 Å². The van der Waals surface area contributed by atoms with Crippen molar-refractivity contribution >= 4 is 23.9 Å². The smallest absolute Gasteiger partial charge is 0.414 e. The fourth-order valence-electron chi connectivity index (χ4n) is 4.49. The lowest BCUT2D eigenvalue weighted by molar-refractivity contribution is -0.159. The largest absolute Gasteiger partial charge is 0.473 e. The Hall–Kier alpha value is -3.49. The Morgan fingerprint density at radius 2 is 1.31 bits per heavy atom. The van der Waals surface area contributed by atoms with Gasteiger partial charge in [-0.15, -0.1) is 0 Å². The Kier molecular flexibility index (Phi) is 10.7. The molecule has 8 heteroatoms. The summed E-state index contributed by atoms with van der Waals surface area (Å²) >= 11 is 0. The first-order valence-corrected chi connectivity index (χ1v) is 12.4. The number of piperazine rings is 1. The zero-order valence-electron chi connectivity index (χ0n) is 20.5. The summed E-state index contributed by atoms with van der Waals surface area (Å²) in [6, 6.07) is 21.1. The first-order chi connectivity index (χ1) is 17.4. The minimum Gasteiger partial charge on any atom is -0.473 e. The number of nitrogens with zero attached hydrogens (tertiary/aromatic N) is 3. The zero-order valence-corrected chi connectivity index (χ0v) is 20.5. The maximum Gasteiger partial charge on any atom is 0.414 e. The van der Waals surface area contributed by atoms with Crippen LogP contribution in [0, 0.1) is 5.92 Å². The number of aliphatic carboxylic acids is 2. The third kappa shape index (κ3) is 8.94. The molecule has 4 rings (SSSR count). The van der Waals surface area contributed by atoms with Crippen molar-refractivity contribution in [1.82, 2.24) is 14.7 Å². The molecule has 2 fully saturated rings. The van der Waals surface area contributed by atoms with E-state index in [1.54, 1.807) is 0 Å². The lowest BCUT2D eigenvalue weighted by Crippen LogP contribution is -2.51. The second-order valence-electron chi connectivity index (χ2n) is 9.09. The highest BCUT2D eigenvalue weighted by Crippen LogP contribution is 2.22. The van der Waals surface area contributed by atoms with Gasteiger partial charge < -0.3 is 15.1 Å². The maximum absolute atomic E-state index is 13.0. The number of hydrogen-bond donors (Lipinski definition) is 2. The number of piperidine rings is 1. The van der Waals surface area contributed by atoms with Crippen molar-refractivity contribution in [3.8, 4) is 0 Å². The van der Waals surface area contributed by atoms with Gasteiger partial charge in [-0.05, 0) is 37.1 Å². The molecule has 0 unspecified atom stereocenters. The molecule has 2 aromatic rings. The van der Waals surface area contributed by atoms with Crippen LogP contribution in [0.1, 0.15) is 24.0 Å². The van der Waals surface area contributed by atoms with Crippen LogP contribution in [0.25, 0.3) is 6.08 Å². The van der Waals surface area contributed by atoms with Gasteiger partial charge in [0.25, 0.3) is 0 Å². The maximum atomic E-state index is 13.0. The summed E-state index contributed by atoms with van der Waals surface area (Å²) in [5.41, 5.74) is 2.60. The van der Waals surface area contributed by atoms with Crippen molar-refractivity contribution in [3.05, 3.63) is 77.9 Å². The molecule has 0 bridgehead atoms. The van der Waals surface area contributed by atoms with Crippen molar-refractivity contribution in [3.63, 3.8) is 0 Å². The van der Waals surface area contributed by atoms with Crippen LogP contribution in [0.2, 0.25) is 0 Å². The monoisotopic (exact) mass is 493 g/mol. The van der Waals surface area contributed by atoms with Gasteiger partial charge in [-0.3, -0.25) is 14.6 Å². The molecule has 0 atom stereocenters. The molecule has 0 saturated carbocycles. The fourth-order valence-corrected chi connectivity index (χ4v) is 4.49. The molecular weight excluding hydrogens is 458 g/mol. The SMILES string of the molecule is O=C(C1CCN(Cc2ccccc2)CC1)N1CCN(CC=Cc2ccccc2)CC1.O=C(O)C(=O)O. The van der Waals surface area contributed by atoms with E-state index in [0.717, 1.165) is 65.2 Å². The van der Waals surface area contributed by atoms with E-state index in [1.165, 1.54) is 11.1 Å². The van der Waals surface area contributed by atoms with E-state index < -0.39 is 11.9 Å². The van der Waals surface area contributed by atoms with E-state index >= 15 is 0 Å². The van der Waals surface area contributed by atoms with E-state index in [4.69, 9.17) is 19.8 Å². The number of amides is 1. The van der Waals surface area contributed by atoms with E-state index in [-0.39, 0.29) is 5.92 Å². The number of likely N-dealkylation sites (tertiary alicyclic amines) is 1. The third-order valence-electron chi connectivity index (χ3n) is 6.53. The molecule has 36 heavy (non-hydrogen) atoms. The van der Waals surface area contributed by atoms with Gasteiger partial charge in [0, 0.05) is 45.2 Å². The van der Waals surface area contributed by atoms with E-state index in [0.29, 0.717) is 5.91 Å². The van der Waals surface area contributed by atoms with Gasteiger partial charge in [-0.1, -0.05) is 72.8 Å². The zero-order chi connectivity index (χ0) is 25.8. The second-order valence-corrected chi connectivity index (χ2v) is 9.09. The van der Waals surface area contributed by atoms with Crippen molar-refractivity contribution in [2.75, 3.05) is 45.8 Å². The van der Waals surface area contributed by atoms with Gasteiger partial charge in [-0.25, -0.2) is 9.59 Å². The van der Waals surface area contributed by atoms with Crippen LogP contribution in [0.3, 0.4) is 0 Å². The second kappa shape index (κ2) is 14.2. The summed E-state index contributed by atoms with van der Waals surface area (Å²) in [7, 11) is 0. The van der Waals surface area contributed by atoms with Crippen LogP contribution in [-0.2, 0) is 20.9 Å². The van der Waals surface area contributed by atoms with Crippen molar-refractivity contribution in [2.24, 2.45) is 5.92 Å². The summed E-state index contributed by atoms with van der Waals surface area (Å²) in [6.45, 7) is 7.66. The van der Waals surface area contributed by atoms with Gasteiger partial charge >= 0.3 is 11.9 Å². The van der Waals surface area contributed by atoms with Gasteiger partial charge in [-0.2, -0.15) is 0 Å². The van der Waals surface area contributed by atoms with Gasteiger partial charge in [0.2, 0.25) is 5.91 Å². The first-order valence-electron chi connectivity index (χ1n) is 12.4. The molecule has 1 amide bonds. The highest BCUT2D eigenvalue weighted by molar-refractivity contribution is 6.27. The molecule has 0 radical (unpaired) electrons. The van der Waals surface area contributed by atoms with Crippen LogP contribution < -0.4 is 0 Å². The summed E-state index contributed by atoms with van der Waals surface area (Å²) in [4.78, 5) is 38.2. The van der Waals surface area contributed by atoms with Gasteiger partial charge in [0.05, 0.1) is 0 Å². The molecule has 0 aliphatic carbocycles. The minimum atomic E-state index is -1.82. The molecule has 2 saturated heterocycles. The van der Waals surface area contributed by atoms with Crippen LogP contribution in [0.5, 0.6) is 0 Å².